The van der Waals surface area contributed by atoms with Crippen LogP contribution in [0.25, 0.3) is 0 Å². The van der Waals surface area contributed by atoms with Gasteiger partial charge in [-0.3, -0.25) is 0 Å². The van der Waals surface area contributed by atoms with Crippen molar-refractivity contribution >= 4 is 5.97 Å². The van der Waals surface area contributed by atoms with Crippen molar-refractivity contribution in [3.63, 3.8) is 0 Å². The lowest BCUT2D eigenvalue weighted by atomic mass is 9.98. The number of carbonyl (C=O) groups is 1. The van der Waals surface area contributed by atoms with Crippen LogP contribution in [0.15, 0.2) is 12.1 Å². The number of aryl methyl sites for hydroxylation is 2. The number of rotatable bonds is 5. The maximum atomic E-state index is 11.9. The maximum Gasteiger partial charge on any atom is 0.327 e. The highest BCUT2D eigenvalue weighted by atomic mass is 16.5. The Bertz CT molecular complexity index is 429. The lowest BCUT2D eigenvalue weighted by molar-refractivity contribution is -0.145. The van der Waals surface area contributed by atoms with E-state index in [1.54, 1.807) is 21.1 Å². The maximum absolute atomic E-state index is 11.9. The molecule has 0 radical (unpaired) electrons. The van der Waals surface area contributed by atoms with Crippen LogP contribution in [0, 0.1) is 13.8 Å². The van der Waals surface area contributed by atoms with Gasteiger partial charge in [-0.1, -0.05) is 0 Å². The summed E-state index contributed by atoms with van der Waals surface area (Å²) in [7, 11) is 3.39. The molecule has 1 N–H and O–H groups in total. The van der Waals surface area contributed by atoms with E-state index < -0.39 is 6.04 Å². The molecule has 0 aliphatic rings. The fraction of sp³-hybridized carbons (Fsp3) is 0.500. The van der Waals surface area contributed by atoms with Gasteiger partial charge in [-0.25, -0.2) is 4.79 Å². The molecule has 4 heteroatoms. The lowest BCUT2D eigenvalue weighted by Crippen LogP contribution is -2.28. The Morgan fingerprint density at radius 2 is 2.00 bits per heavy atom. The first kappa shape index (κ1) is 14.5. The molecule has 1 rings (SSSR count). The minimum absolute atomic E-state index is 0.257. The average Bonchev–Trinajstić information content (AvgIpc) is 2.34. The SMILES string of the molecule is CCOC(=O)C(NC)c1cc(C)c(OC)cc1C. The van der Waals surface area contributed by atoms with Crippen LogP contribution in [0.4, 0.5) is 0 Å². The first-order valence-corrected chi connectivity index (χ1v) is 6.04. The van der Waals surface area contributed by atoms with Crippen molar-refractivity contribution in [2.75, 3.05) is 20.8 Å². The van der Waals surface area contributed by atoms with E-state index in [9.17, 15) is 4.79 Å². The Hall–Kier alpha value is -1.55. The summed E-state index contributed by atoms with van der Waals surface area (Å²) in [5.74, 6) is 0.572. The number of ether oxygens (including phenoxy) is 2. The van der Waals surface area contributed by atoms with E-state index in [1.807, 2.05) is 26.0 Å². The highest BCUT2D eigenvalue weighted by Crippen LogP contribution is 2.27. The second-order valence-electron chi connectivity index (χ2n) is 4.15. The summed E-state index contributed by atoms with van der Waals surface area (Å²) >= 11 is 0. The van der Waals surface area contributed by atoms with Crippen molar-refractivity contribution in [1.82, 2.24) is 5.32 Å². The Morgan fingerprint density at radius 1 is 1.33 bits per heavy atom. The van der Waals surface area contributed by atoms with Crippen LogP contribution in [0.2, 0.25) is 0 Å². The van der Waals surface area contributed by atoms with Crippen molar-refractivity contribution in [2.45, 2.75) is 26.8 Å². The van der Waals surface area contributed by atoms with E-state index in [-0.39, 0.29) is 5.97 Å². The Labute approximate surface area is 108 Å². The molecule has 4 nitrogen and oxygen atoms in total. The van der Waals surface area contributed by atoms with Gasteiger partial charge in [0, 0.05) is 0 Å². The van der Waals surface area contributed by atoms with Gasteiger partial charge in [0.15, 0.2) is 0 Å². The topological polar surface area (TPSA) is 47.6 Å². The van der Waals surface area contributed by atoms with Crippen LogP contribution >= 0.6 is 0 Å². The molecule has 0 saturated heterocycles. The summed E-state index contributed by atoms with van der Waals surface area (Å²) in [6.07, 6.45) is 0. The molecular weight excluding hydrogens is 230 g/mol. The van der Waals surface area contributed by atoms with E-state index in [4.69, 9.17) is 9.47 Å². The predicted octanol–water partition coefficient (Wildman–Crippen LogP) is 2.14. The average molecular weight is 251 g/mol. The van der Waals surface area contributed by atoms with E-state index in [0.29, 0.717) is 6.61 Å². The van der Waals surface area contributed by atoms with Gasteiger partial charge in [0.05, 0.1) is 13.7 Å². The number of hydrogen-bond donors (Lipinski definition) is 1. The number of nitrogens with one attached hydrogen (secondary N) is 1. The summed E-state index contributed by atoms with van der Waals surface area (Å²) in [5.41, 5.74) is 2.93. The van der Waals surface area contributed by atoms with Crippen LogP contribution in [-0.4, -0.2) is 26.7 Å². The third kappa shape index (κ3) is 3.01. The number of methoxy groups -OCH3 is 1. The Morgan fingerprint density at radius 3 is 2.50 bits per heavy atom. The molecule has 0 saturated carbocycles. The third-order valence-electron chi connectivity index (χ3n) is 2.91. The Kier molecular flexibility index (Phi) is 5.16. The molecule has 1 atom stereocenters. The summed E-state index contributed by atoms with van der Waals surface area (Å²) in [6, 6.07) is 3.47. The second kappa shape index (κ2) is 6.40. The number of likely N-dealkylation sites (N-methyl/N-ethyl adjacent to an activating group) is 1. The molecule has 100 valence electrons. The zero-order valence-electron chi connectivity index (χ0n) is 11.7. The van der Waals surface area contributed by atoms with Crippen LogP contribution < -0.4 is 10.1 Å². The van der Waals surface area contributed by atoms with Crippen LogP contribution in [-0.2, 0) is 9.53 Å². The van der Waals surface area contributed by atoms with E-state index in [0.717, 1.165) is 22.4 Å². The van der Waals surface area contributed by atoms with Crippen molar-refractivity contribution < 1.29 is 14.3 Å². The van der Waals surface area contributed by atoms with E-state index in [1.165, 1.54) is 0 Å². The van der Waals surface area contributed by atoms with Gasteiger partial charge in [0.2, 0.25) is 0 Å². The predicted molar refractivity (Wildman–Crippen MR) is 70.9 cm³/mol. The molecule has 0 heterocycles. The Balaban J connectivity index is 3.14. The fourth-order valence-electron chi connectivity index (χ4n) is 1.97. The minimum Gasteiger partial charge on any atom is -0.496 e. The molecule has 1 aromatic rings. The second-order valence-corrected chi connectivity index (χ2v) is 4.15. The van der Waals surface area contributed by atoms with Crippen molar-refractivity contribution in [3.8, 4) is 5.75 Å². The number of carbonyl (C=O) groups excluding carboxylic acids is 1. The fourth-order valence-corrected chi connectivity index (χ4v) is 1.97. The molecule has 0 aliphatic carbocycles. The highest BCUT2D eigenvalue weighted by Gasteiger charge is 2.22. The molecule has 0 spiro atoms. The van der Waals surface area contributed by atoms with Gasteiger partial charge in [0.1, 0.15) is 11.8 Å². The molecule has 1 unspecified atom stereocenters. The largest absolute Gasteiger partial charge is 0.496 e. The third-order valence-corrected chi connectivity index (χ3v) is 2.91. The van der Waals surface area contributed by atoms with Crippen LogP contribution in [0.1, 0.15) is 29.7 Å². The zero-order valence-corrected chi connectivity index (χ0v) is 11.7. The normalized spacial score (nSPS) is 12.1. The van der Waals surface area contributed by atoms with Gasteiger partial charge >= 0.3 is 5.97 Å². The highest BCUT2D eigenvalue weighted by molar-refractivity contribution is 5.78. The molecule has 0 aliphatic heterocycles. The first-order chi connectivity index (χ1) is 8.54. The van der Waals surface area contributed by atoms with Gasteiger partial charge in [0.25, 0.3) is 0 Å². The summed E-state index contributed by atoms with van der Waals surface area (Å²) in [5, 5.41) is 2.99. The molecule has 0 bridgehead atoms. The van der Waals surface area contributed by atoms with E-state index in [2.05, 4.69) is 5.32 Å². The standard InChI is InChI=1S/C14H21NO3/c1-6-18-14(16)13(15-4)11-7-10(3)12(17-5)8-9(11)2/h7-8,13,15H,6H2,1-5H3. The van der Waals surface area contributed by atoms with Gasteiger partial charge in [-0.05, 0) is 56.6 Å². The van der Waals surface area contributed by atoms with Gasteiger partial charge in [-0.2, -0.15) is 0 Å². The van der Waals surface area contributed by atoms with Crippen molar-refractivity contribution in [1.29, 1.82) is 0 Å². The molecule has 0 amide bonds. The van der Waals surface area contributed by atoms with Crippen LogP contribution in [0.3, 0.4) is 0 Å². The molecule has 18 heavy (non-hydrogen) atoms. The molecule has 0 aromatic heterocycles. The van der Waals surface area contributed by atoms with E-state index >= 15 is 0 Å². The number of esters is 1. The van der Waals surface area contributed by atoms with Gasteiger partial charge < -0.3 is 14.8 Å². The minimum atomic E-state index is -0.436. The quantitative estimate of drug-likeness (QED) is 0.814. The number of hydrogen-bond acceptors (Lipinski definition) is 4. The molecule has 1 aromatic carbocycles. The first-order valence-electron chi connectivity index (χ1n) is 6.04. The van der Waals surface area contributed by atoms with Crippen LogP contribution in [0.5, 0.6) is 5.75 Å². The summed E-state index contributed by atoms with van der Waals surface area (Å²) < 4.78 is 10.3. The van der Waals surface area contributed by atoms with Crippen molar-refractivity contribution in [2.24, 2.45) is 0 Å². The number of benzene rings is 1. The monoisotopic (exact) mass is 251 g/mol. The molecular formula is C14H21NO3. The summed E-state index contributed by atoms with van der Waals surface area (Å²) in [4.78, 5) is 11.9. The van der Waals surface area contributed by atoms with Crippen molar-refractivity contribution in [3.05, 3.63) is 28.8 Å². The lowest BCUT2D eigenvalue weighted by Gasteiger charge is -2.19. The zero-order chi connectivity index (χ0) is 13.7. The molecule has 0 fully saturated rings. The smallest absolute Gasteiger partial charge is 0.327 e. The van der Waals surface area contributed by atoms with Gasteiger partial charge in [-0.15, -0.1) is 0 Å². The summed E-state index contributed by atoms with van der Waals surface area (Å²) in [6.45, 7) is 6.10.